The normalized spacial score (nSPS) is 13.6. The third-order valence-electron chi connectivity index (χ3n) is 4.96. The van der Waals surface area contributed by atoms with Crippen molar-refractivity contribution in [1.82, 2.24) is 4.90 Å². The first-order chi connectivity index (χ1) is 11.5. The molecule has 0 aromatic heterocycles. The van der Waals surface area contributed by atoms with Gasteiger partial charge in [-0.2, -0.15) is 0 Å². The van der Waals surface area contributed by atoms with E-state index < -0.39 is 0 Å². The quantitative estimate of drug-likeness (QED) is 0.725. The van der Waals surface area contributed by atoms with Gasteiger partial charge in [-0.25, -0.2) is 0 Å². The van der Waals surface area contributed by atoms with Gasteiger partial charge in [0.1, 0.15) is 0 Å². The molecule has 24 heavy (non-hydrogen) atoms. The summed E-state index contributed by atoms with van der Waals surface area (Å²) in [5.41, 5.74) is 2.70. The number of likely N-dealkylation sites (N-methyl/N-ethyl adjacent to an activating group) is 1. The Labute approximate surface area is 146 Å². The summed E-state index contributed by atoms with van der Waals surface area (Å²) in [7, 11) is 7.70. The summed E-state index contributed by atoms with van der Waals surface area (Å²) in [5, 5.41) is 0. The van der Waals surface area contributed by atoms with Crippen molar-refractivity contribution >= 4 is 0 Å². The molecule has 0 saturated heterocycles. The van der Waals surface area contributed by atoms with Crippen LogP contribution < -0.4 is 9.47 Å². The lowest BCUT2D eigenvalue weighted by Gasteiger charge is -2.40. The Bertz CT molecular complexity index is 640. The first-order valence-electron chi connectivity index (χ1n) is 8.47. The molecule has 0 amide bonds. The fourth-order valence-corrected chi connectivity index (χ4v) is 3.29. The van der Waals surface area contributed by atoms with Gasteiger partial charge in [0.15, 0.2) is 11.5 Å². The summed E-state index contributed by atoms with van der Waals surface area (Å²) in [6, 6.07) is 16.9. The zero-order valence-electron chi connectivity index (χ0n) is 15.5. The van der Waals surface area contributed by atoms with Crippen molar-refractivity contribution in [1.29, 1.82) is 0 Å². The lowest BCUT2D eigenvalue weighted by atomic mass is 9.81. The van der Waals surface area contributed by atoms with Crippen molar-refractivity contribution in [3.8, 4) is 11.5 Å². The van der Waals surface area contributed by atoms with Gasteiger partial charge in [0.25, 0.3) is 0 Å². The first-order valence-corrected chi connectivity index (χ1v) is 8.47. The largest absolute Gasteiger partial charge is 0.493 e. The average molecular weight is 327 g/mol. The Morgan fingerprint density at radius 1 is 0.833 bits per heavy atom. The van der Waals surface area contributed by atoms with Crippen LogP contribution in [-0.2, 0) is 12.8 Å². The van der Waals surface area contributed by atoms with Crippen molar-refractivity contribution in [2.45, 2.75) is 31.7 Å². The highest BCUT2D eigenvalue weighted by atomic mass is 16.5. The predicted octanol–water partition coefficient (Wildman–Crippen LogP) is 4.20. The summed E-state index contributed by atoms with van der Waals surface area (Å²) in [6.45, 7) is 2.27. The van der Waals surface area contributed by atoms with Gasteiger partial charge in [-0.15, -0.1) is 0 Å². The molecule has 130 valence electrons. The molecule has 0 N–H and O–H groups in total. The lowest BCUT2D eigenvalue weighted by Crippen LogP contribution is -2.47. The number of hydrogen-bond donors (Lipinski definition) is 0. The summed E-state index contributed by atoms with van der Waals surface area (Å²) < 4.78 is 10.8. The molecule has 3 nitrogen and oxygen atoms in total. The smallest absolute Gasteiger partial charge is 0.160 e. The van der Waals surface area contributed by atoms with Gasteiger partial charge in [0.05, 0.1) is 14.2 Å². The molecule has 1 atom stereocenters. The van der Waals surface area contributed by atoms with Crippen LogP contribution in [0.25, 0.3) is 0 Å². The number of ether oxygens (including phenoxy) is 2. The van der Waals surface area contributed by atoms with Crippen molar-refractivity contribution in [2.24, 2.45) is 0 Å². The number of rotatable bonds is 8. The Morgan fingerprint density at radius 3 is 2.00 bits per heavy atom. The van der Waals surface area contributed by atoms with Gasteiger partial charge < -0.3 is 14.4 Å². The Hall–Kier alpha value is -2.00. The second-order valence-electron chi connectivity index (χ2n) is 6.50. The average Bonchev–Trinajstić information content (AvgIpc) is 2.61. The molecule has 0 fully saturated rings. The molecule has 0 radical (unpaired) electrons. The molecule has 0 bridgehead atoms. The standard InChI is InChI=1S/C21H29NO2/c1-6-21(22(2)3,15-17-10-8-7-9-11-17)16-18-12-13-19(23-4)20(14-18)24-5/h7-14H,6,15-16H2,1-5H3. The van der Waals surface area contributed by atoms with Crippen LogP contribution in [0.4, 0.5) is 0 Å². The van der Waals surface area contributed by atoms with Crippen LogP contribution in [0.2, 0.25) is 0 Å². The van der Waals surface area contributed by atoms with E-state index in [1.54, 1.807) is 14.2 Å². The molecule has 0 spiro atoms. The van der Waals surface area contributed by atoms with Gasteiger partial charge in [-0.3, -0.25) is 0 Å². The van der Waals surface area contributed by atoms with Crippen LogP contribution in [-0.4, -0.2) is 38.8 Å². The molecule has 3 heteroatoms. The molecule has 2 aromatic rings. The second kappa shape index (κ2) is 8.20. The minimum Gasteiger partial charge on any atom is -0.493 e. The van der Waals surface area contributed by atoms with E-state index in [1.165, 1.54) is 11.1 Å². The van der Waals surface area contributed by atoms with Crippen molar-refractivity contribution in [2.75, 3.05) is 28.3 Å². The van der Waals surface area contributed by atoms with E-state index in [0.29, 0.717) is 0 Å². The molecule has 1 unspecified atom stereocenters. The van der Waals surface area contributed by atoms with E-state index in [4.69, 9.17) is 9.47 Å². The maximum atomic E-state index is 5.47. The second-order valence-corrected chi connectivity index (χ2v) is 6.50. The van der Waals surface area contributed by atoms with Crippen LogP contribution in [0.15, 0.2) is 48.5 Å². The van der Waals surface area contributed by atoms with E-state index in [2.05, 4.69) is 68.4 Å². The molecule has 0 saturated carbocycles. The van der Waals surface area contributed by atoms with E-state index in [9.17, 15) is 0 Å². The Balaban J connectivity index is 2.32. The maximum absolute atomic E-state index is 5.47. The maximum Gasteiger partial charge on any atom is 0.160 e. The van der Waals surface area contributed by atoms with Crippen LogP contribution in [0.3, 0.4) is 0 Å². The highest BCUT2D eigenvalue weighted by molar-refractivity contribution is 5.43. The molecule has 0 heterocycles. The van der Waals surface area contributed by atoms with Crippen molar-refractivity contribution in [3.63, 3.8) is 0 Å². The summed E-state index contributed by atoms with van der Waals surface area (Å²) >= 11 is 0. The zero-order valence-corrected chi connectivity index (χ0v) is 15.5. The van der Waals surface area contributed by atoms with Crippen LogP contribution in [0, 0.1) is 0 Å². The molecule has 0 aliphatic rings. The minimum absolute atomic E-state index is 0.0704. The van der Waals surface area contributed by atoms with Gasteiger partial charge >= 0.3 is 0 Å². The summed E-state index contributed by atoms with van der Waals surface area (Å²) in [5.74, 6) is 1.56. The van der Waals surface area contributed by atoms with Gasteiger partial charge in [0, 0.05) is 5.54 Å². The highest BCUT2D eigenvalue weighted by Crippen LogP contribution is 2.32. The lowest BCUT2D eigenvalue weighted by molar-refractivity contribution is 0.143. The predicted molar refractivity (Wildman–Crippen MR) is 100 cm³/mol. The van der Waals surface area contributed by atoms with E-state index >= 15 is 0 Å². The topological polar surface area (TPSA) is 21.7 Å². The Kier molecular flexibility index (Phi) is 6.27. The monoisotopic (exact) mass is 327 g/mol. The van der Waals surface area contributed by atoms with Gasteiger partial charge in [-0.1, -0.05) is 43.3 Å². The van der Waals surface area contributed by atoms with Crippen LogP contribution in [0.1, 0.15) is 24.5 Å². The van der Waals surface area contributed by atoms with Gasteiger partial charge in [0.2, 0.25) is 0 Å². The molecule has 2 rings (SSSR count). The third-order valence-corrected chi connectivity index (χ3v) is 4.96. The molecule has 2 aromatic carbocycles. The molecule has 0 aliphatic carbocycles. The molecular formula is C21H29NO2. The highest BCUT2D eigenvalue weighted by Gasteiger charge is 2.31. The molecular weight excluding hydrogens is 298 g/mol. The van der Waals surface area contributed by atoms with E-state index in [1.807, 2.05) is 6.07 Å². The third kappa shape index (κ3) is 4.09. The van der Waals surface area contributed by atoms with Gasteiger partial charge in [-0.05, 0) is 56.6 Å². The minimum atomic E-state index is 0.0704. The van der Waals surface area contributed by atoms with Crippen LogP contribution in [0.5, 0.6) is 11.5 Å². The van der Waals surface area contributed by atoms with Crippen molar-refractivity contribution < 1.29 is 9.47 Å². The van der Waals surface area contributed by atoms with Crippen molar-refractivity contribution in [3.05, 3.63) is 59.7 Å². The number of hydrogen-bond acceptors (Lipinski definition) is 3. The van der Waals surface area contributed by atoms with E-state index in [0.717, 1.165) is 30.8 Å². The fraction of sp³-hybridized carbons (Fsp3) is 0.429. The summed E-state index contributed by atoms with van der Waals surface area (Å²) in [6.07, 6.45) is 3.06. The Morgan fingerprint density at radius 2 is 1.46 bits per heavy atom. The summed E-state index contributed by atoms with van der Waals surface area (Å²) in [4.78, 5) is 2.36. The zero-order chi connectivity index (χ0) is 17.6. The first kappa shape index (κ1) is 18.3. The number of benzene rings is 2. The number of methoxy groups -OCH3 is 2. The SMILES string of the molecule is CCC(Cc1ccccc1)(Cc1ccc(OC)c(OC)c1)N(C)C. The fourth-order valence-electron chi connectivity index (χ4n) is 3.29. The number of nitrogens with zero attached hydrogens (tertiary/aromatic N) is 1. The van der Waals surface area contributed by atoms with E-state index in [-0.39, 0.29) is 5.54 Å². The molecule has 0 aliphatic heterocycles. The van der Waals surface area contributed by atoms with Crippen LogP contribution >= 0.6 is 0 Å².